The maximum absolute atomic E-state index is 13.5. The van der Waals surface area contributed by atoms with E-state index in [1.165, 1.54) is 167 Å². The van der Waals surface area contributed by atoms with Crippen LogP contribution < -0.4 is 5.32 Å². The van der Waals surface area contributed by atoms with Gasteiger partial charge in [-0.3, -0.25) is 18.6 Å². The molecule has 0 bridgehead atoms. The number of unbranched alkanes of at least 4 members (excludes halogenated alkanes) is 33. The van der Waals surface area contributed by atoms with Crippen LogP contribution in [0.15, 0.2) is 48.6 Å². The molecule has 0 aromatic heterocycles. The lowest BCUT2D eigenvalue weighted by molar-refractivity contribution is -0.870. The molecular formula is C62H118N2O7P+. The second-order valence-electron chi connectivity index (χ2n) is 21.8. The third-order valence-corrected chi connectivity index (χ3v) is 14.5. The van der Waals surface area contributed by atoms with Crippen LogP contribution >= 0.6 is 7.82 Å². The zero-order valence-electron chi connectivity index (χ0n) is 48.2. The second-order valence-corrected chi connectivity index (χ2v) is 23.3. The Bertz CT molecular complexity index is 1380. The molecule has 0 fully saturated rings. The summed E-state index contributed by atoms with van der Waals surface area (Å²) >= 11 is 0. The first-order chi connectivity index (χ1) is 34.9. The van der Waals surface area contributed by atoms with E-state index in [1.54, 1.807) is 0 Å². The maximum atomic E-state index is 13.5. The van der Waals surface area contributed by atoms with Crippen LogP contribution in [0.25, 0.3) is 0 Å². The predicted octanol–water partition coefficient (Wildman–Crippen LogP) is 18.5. The van der Waals surface area contributed by atoms with Gasteiger partial charge in [0.25, 0.3) is 0 Å². The summed E-state index contributed by atoms with van der Waals surface area (Å²) < 4.78 is 30.6. The summed E-state index contributed by atoms with van der Waals surface area (Å²) in [7, 11) is 1.49. The quantitative estimate of drug-likeness (QED) is 0.0205. The Morgan fingerprint density at radius 2 is 0.889 bits per heavy atom. The van der Waals surface area contributed by atoms with Crippen LogP contribution in [0.1, 0.15) is 284 Å². The number of hydrogen-bond acceptors (Lipinski definition) is 6. The van der Waals surface area contributed by atoms with Crippen molar-refractivity contribution < 1.29 is 37.3 Å². The van der Waals surface area contributed by atoms with Gasteiger partial charge in [0.05, 0.1) is 33.8 Å². The molecule has 0 heterocycles. The van der Waals surface area contributed by atoms with Crippen molar-refractivity contribution in [2.24, 2.45) is 0 Å². The number of rotatable bonds is 55. The molecule has 1 amide bonds. The number of ether oxygens (including phenoxy) is 1. The average molecular weight is 1030 g/mol. The van der Waals surface area contributed by atoms with E-state index in [0.717, 1.165) is 83.5 Å². The number of esters is 1. The minimum absolute atomic E-state index is 0.0391. The van der Waals surface area contributed by atoms with Crippen LogP contribution in [0.2, 0.25) is 0 Å². The number of hydrogen-bond donors (Lipinski definition) is 2. The second kappa shape index (κ2) is 52.4. The molecule has 0 radical (unpaired) electrons. The lowest BCUT2D eigenvalue weighted by Crippen LogP contribution is -2.47. The Morgan fingerprint density at radius 3 is 1.33 bits per heavy atom. The molecule has 0 aliphatic carbocycles. The van der Waals surface area contributed by atoms with Crippen LogP contribution in [0.4, 0.5) is 0 Å². The molecular weight excluding hydrogens is 916 g/mol. The number of nitrogens with one attached hydrogen (secondary N) is 1. The van der Waals surface area contributed by atoms with Gasteiger partial charge in [0.15, 0.2) is 0 Å². The largest absolute Gasteiger partial charge is 0.472 e. The van der Waals surface area contributed by atoms with Gasteiger partial charge >= 0.3 is 13.8 Å². The summed E-state index contributed by atoms with van der Waals surface area (Å²) in [5.74, 6) is -0.509. The predicted molar refractivity (Wildman–Crippen MR) is 309 cm³/mol. The number of allylic oxidation sites excluding steroid dienone is 7. The highest BCUT2D eigenvalue weighted by Crippen LogP contribution is 2.43. The van der Waals surface area contributed by atoms with Crippen molar-refractivity contribution in [3.63, 3.8) is 0 Å². The van der Waals surface area contributed by atoms with E-state index in [0.29, 0.717) is 17.4 Å². The molecule has 0 rings (SSSR count). The molecule has 0 aromatic rings. The summed E-state index contributed by atoms with van der Waals surface area (Å²) in [6, 6.07) is -0.850. The van der Waals surface area contributed by atoms with E-state index < -0.39 is 20.0 Å². The number of carbonyl (C=O) groups is 2. The number of phosphoric ester groups is 1. The first-order valence-corrected chi connectivity index (χ1v) is 32.0. The van der Waals surface area contributed by atoms with Gasteiger partial charge in [-0.1, -0.05) is 237 Å². The van der Waals surface area contributed by atoms with Crippen molar-refractivity contribution in [3.05, 3.63) is 48.6 Å². The Labute approximate surface area is 446 Å². The molecule has 72 heavy (non-hydrogen) atoms. The fourth-order valence-electron chi connectivity index (χ4n) is 8.80. The molecule has 0 spiro atoms. The lowest BCUT2D eigenvalue weighted by atomic mass is 10.0. The molecule has 10 heteroatoms. The summed E-state index contributed by atoms with van der Waals surface area (Å²) in [6.45, 7) is 6.91. The van der Waals surface area contributed by atoms with Crippen LogP contribution in [0.5, 0.6) is 0 Å². The van der Waals surface area contributed by atoms with Crippen molar-refractivity contribution in [1.82, 2.24) is 5.32 Å². The summed E-state index contributed by atoms with van der Waals surface area (Å²) in [5.41, 5.74) is 0. The van der Waals surface area contributed by atoms with Crippen LogP contribution in [0.3, 0.4) is 0 Å². The van der Waals surface area contributed by atoms with Gasteiger partial charge in [-0.25, -0.2) is 4.57 Å². The first-order valence-electron chi connectivity index (χ1n) is 30.5. The third-order valence-electron chi connectivity index (χ3n) is 13.5. The van der Waals surface area contributed by atoms with E-state index >= 15 is 0 Å². The SMILES string of the molecule is CC/C=C/C/C=C/CCCCCCCCCC(=O)OC(/C=C\CCCCCCCCCCC)C(COP(=O)(O)OCC[N+](C)(C)C)NC(=O)CCCCCCCCCCCCC/C=C/CCCCCCCC. The zero-order chi connectivity index (χ0) is 52.9. The lowest BCUT2D eigenvalue weighted by Gasteiger charge is -2.27. The van der Waals surface area contributed by atoms with Crippen molar-refractivity contribution >= 4 is 19.7 Å². The van der Waals surface area contributed by atoms with Gasteiger partial charge in [0.1, 0.15) is 19.3 Å². The Balaban J connectivity index is 5.18. The van der Waals surface area contributed by atoms with Crippen molar-refractivity contribution in [3.8, 4) is 0 Å². The smallest absolute Gasteiger partial charge is 0.456 e. The fraction of sp³-hybridized carbons (Fsp3) is 0.839. The number of amides is 1. The van der Waals surface area contributed by atoms with Gasteiger partial charge in [0.2, 0.25) is 5.91 Å². The molecule has 3 atom stereocenters. The average Bonchev–Trinajstić information content (AvgIpc) is 3.34. The number of quaternary nitrogens is 1. The molecule has 0 aromatic carbocycles. The van der Waals surface area contributed by atoms with Crippen LogP contribution in [-0.2, 0) is 27.9 Å². The van der Waals surface area contributed by atoms with Gasteiger partial charge in [-0.2, -0.15) is 0 Å². The van der Waals surface area contributed by atoms with Gasteiger partial charge in [-0.15, -0.1) is 0 Å². The summed E-state index contributed by atoms with van der Waals surface area (Å²) in [5, 5.41) is 3.05. The van der Waals surface area contributed by atoms with Crippen molar-refractivity contribution in [2.45, 2.75) is 296 Å². The number of carbonyl (C=O) groups excluding carboxylic acids is 2. The van der Waals surface area contributed by atoms with Crippen molar-refractivity contribution in [1.29, 1.82) is 0 Å². The van der Waals surface area contributed by atoms with Crippen LogP contribution in [0, 0.1) is 0 Å². The minimum Gasteiger partial charge on any atom is -0.456 e. The number of likely N-dealkylation sites (N-methyl/N-ethyl adjacent to an activating group) is 1. The van der Waals surface area contributed by atoms with E-state index in [2.05, 4.69) is 62.5 Å². The van der Waals surface area contributed by atoms with Crippen molar-refractivity contribution in [2.75, 3.05) is 40.9 Å². The monoisotopic (exact) mass is 1030 g/mol. The molecule has 0 saturated heterocycles. The van der Waals surface area contributed by atoms with Gasteiger partial charge in [0, 0.05) is 12.8 Å². The molecule has 3 unspecified atom stereocenters. The Kier molecular flexibility index (Phi) is 50.9. The minimum atomic E-state index is -4.44. The van der Waals surface area contributed by atoms with E-state index in [1.807, 2.05) is 33.3 Å². The topological polar surface area (TPSA) is 111 Å². The molecule has 9 nitrogen and oxygen atoms in total. The van der Waals surface area contributed by atoms with E-state index in [-0.39, 0.29) is 31.5 Å². The highest BCUT2D eigenvalue weighted by molar-refractivity contribution is 7.47. The van der Waals surface area contributed by atoms with E-state index in [4.69, 9.17) is 13.8 Å². The first kappa shape index (κ1) is 70.0. The molecule has 422 valence electrons. The fourth-order valence-corrected chi connectivity index (χ4v) is 9.53. The maximum Gasteiger partial charge on any atom is 0.472 e. The summed E-state index contributed by atoms with van der Waals surface area (Å²) in [4.78, 5) is 37.6. The number of phosphoric acid groups is 1. The molecule has 2 N–H and O–H groups in total. The number of nitrogens with zero attached hydrogens (tertiary/aromatic N) is 1. The molecule has 0 aliphatic rings. The molecule has 0 aliphatic heterocycles. The van der Waals surface area contributed by atoms with Crippen LogP contribution in [-0.4, -0.2) is 74.3 Å². The van der Waals surface area contributed by atoms with E-state index in [9.17, 15) is 19.0 Å². The van der Waals surface area contributed by atoms with Gasteiger partial charge < -0.3 is 19.4 Å². The Morgan fingerprint density at radius 1 is 0.500 bits per heavy atom. The van der Waals surface area contributed by atoms with Gasteiger partial charge in [-0.05, 0) is 83.1 Å². The summed E-state index contributed by atoms with van der Waals surface area (Å²) in [6.07, 6.45) is 63.9. The zero-order valence-corrected chi connectivity index (χ0v) is 49.1. The highest BCUT2D eigenvalue weighted by Gasteiger charge is 2.30. The standard InChI is InChI=1S/C62H117N2O7P/c1-7-10-13-16-19-22-25-27-29-30-31-32-33-34-35-36-39-42-45-48-51-54-61(65)63-59(58-70-72(67,68)69-57-56-64(4,5)6)60(53-50-47-44-41-38-24-21-18-15-12-9-3)71-62(66)55-52-49-46-43-40-37-28-26-23-20-17-14-11-8-2/h11,14,20,23,27,29,50,53,59-60H,7-10,12-13,15-19,21-22,24-26,28,30-49,51-52,54-58H2,1-6H3,(H-,63,65,67,68)/p+1/b14-11+,23-20+,29-27+,53-50-. The normalized spacial score (nSPS) is 14.0. The third kappa shape index (κ3) is 52.8. The highest BCUT2D eigenvalue weighted by atomic mass is 31.2. The molecule has 0 saturated carbocycles. The Hall–Kier alpha value is -2.03.